The van der Waals surface area contributed by atoms with Crippen LogP contribution < -0.4 is 0 Å². The summed E-state index contributed by atoms with van der Waals surface area (Å²) in [6.45, 7) is 32.4. The number of hydrogen-bond donors (Lipinski definition) is 1. The molecule has 1 amide bonds. The summed E-state index contributed by atoms with van der Waals surface area (Å²) in [5.41, 5.74) is -3.59. The van der Waals surface area contributed by atoms with Gasteiger partial charge in [0, 0.05) is 98.5 Å². The average molecular weight is 1640 g/mol. The minimum Gasteiger partial charge on any atom is -0.457 e. The number of amides is 1. The molecule has 0 saturated carbocycles. The molecule has 4 fully saturated rings. The molecule has 9 rings (SSSR count). The van der Waals surface area contributed by atoms with Crippen LogP contribution in [0, 0.1) is 41.4 Å². The number of aliphatic hydroxyl groups is 1. The molecule has 1 aromatic carbocycles. The van der Waals surface area contributed by atoms with Crippen LogP contribution in [0.1, 0.15) is 199 Å². The third-order valence-corrected chi connectivity index (χ3v) is 25.2. The van der Waals surface area contributed by atoms with Gasteiger partial charge in [0.05, 0.1) is 65.3 Å². The van der Waals surface area contributed by atoms with Gasteiger partial charge in [-0.1, -0.05) is 80.5 Å². The zero-order chi connectivity index (χ0) is 86.7. The molecule has 0 radical (unpaired) electrons. The largest absolute Gasteiger partial charge is 0.457 e. The number of fused-ring (bicyclic) bond motifs is 1. The molecule has 1 N–H and O–H groups in total. The molecule has 3 aromatic heterocycles. The number of ether oxygens (including phenoxy) is 11. The van der Waals surface area contributed by atoms with Crippen LogP contribution in [0.25, 0.3) is 11.3 Å². The number of Topliss-reactive ketones (excluding diaryl/α,β-unsaturated/α-hetero) is 4. The minimum atomic E-state index is -1.57. The number of esters is 3. The normalized spacial score (nSPS) is 35.2. The number of likely N-dealkylation sites (N-methyl/N-ethyl adjacent to an activating group) is 2. The number of allylic oxidation sites excluding steroid dienone is 1. The van der Waals surface area contributed by atoms with Crippen molar-refractivity contribution in [3.63, 3.8) is 0 Å². The van der Waals surface area contributed by atoms with E-state index in [1.54, 1.807) is 115 Å². The van der Waals surface area contributed by atoms with Crippen molar-refractivity contribution < 1.29 is 100 Å². The molecule has 2 unspecified atom stereocenters. The Bertz CT molecular complexity index is 4060. The Balaban J connectivity index is 0.000000293. The monoisotopic (exact) mass is 1630 g/mol. The van der Waals surface area contributed by atoms with Crippen LogP contribution in [0.5, 0.6) is 0 Å². The maximum absolute atomic E-state index is 14.9. The molecule has 24 atom stereocenters. The highest BCUT2D eigenvalue weighted by molar-refractivity contribution is 6.01. The molecule has 4 saturated heterocycles. The van der Waals surface area contributed by atoms with E-state index in [2.05, 4.69) is 33.4 Å². The fourth-order valence-corrected chi connectivity index (χ4v) is 18.0. The molecule has 5 aliphatic rings. The van der Waals surface area contributed by atoms with Gasteiger partial charge in [-0.25, -0.2) is 28.9 Å². The van der Waals surface area contributed by atoms with Crippen molar-refractivity contribution in [3.05, 3.63) is 103 Å². The third-order valence-electron chi connectivity index (χ3n) is 25.2. The Morgan fingerprint density at radius 1 is 0.675 bits per heavy atom. The summed E-state index contributed by atoms with van der Waals surface area (Å²) in [5.74, 6) is -10.2. The topological polar surface area (TPSA) is 334 Å². The van der Waals surface area contributed by atoms with E-state index in [0.29, 0.717) is 31.2 Å². The molecule has 0 bridgehead atoms. The molecule has 29 heteroatoms. The van der Waals surface area contributed by atoms with Gasteiger partial charge in [-0.3, -0.25) is 33.8 Å². The van der Waals surface area contributed by atoms with Gasteiger partial charge in [0.25, 0.3) is 0 Å². The first-order valence-corrected chi connectivity index (χ1v) is 41.5. The number of benzene rings is 1. The zero-order valence-corrected chi connectivity index (χ0v) is 73.2. The molecule has 117 heavy (non-hydrogen) atoms. The average Bonchev–Trinajstić information content (AvgIpc) is 1.59. The van der Waals surface area contributed by atoms with Crippen molar-refractivity contribution in [2.24, 2.45) is 41.4 Å². The summed E-state index contributed by atoms with van der Waals surface area (Å²) < 4.78 is 72.5. The third kappa shape index (κ3) is 21.1. The Kier molecular flexibility index (Phi) is 32.2. The number of aromatic nitrogens is 5. The van der Waals surface area contributed by atoms with E-state index in [1.165, 1.54) is 46.8 Å². The minimum absolute atomic E-state index is 0.0770. The number of hydrogen-bond acceptors (Lipinski definition) is 26. The second-order valence-electron chi connectivity index (χ2n) is 34.4. The van der Waals surface area contributed by atoms with Crippen LogP contribution in [0.3, 0.4) is 0 Å². The molecule has 4 aromatic rings. The number of rotatable bonds is 21. The van der Waals surface area contributed by atoms with Gasteiger partial charge in [0.2, 0.25) is 0 Å². The fraction of sp³-hybridized carbons (Fsp3) is 0.682. The fourth-order valence-electron chi connectivity index (χ4n) is 18.0. The lowest BCUT2D eigenvalue weighted by atomic mass is 9.72. The van der Waals surface area contributed by atoms with E-state index in [4.69, 9.17) is 52.1 Å². The molecule has 0 spiro atoms. The van der Waals surface area contributed by atoms with Gasteiger partial charge in [0.15, 0.2) is 47.2 Å². The van der Waals surface area contributed by atoms with Gasteiger partial charge in [-0.2, -0.15) is 0 Å². The Labute approximate surface area is 690 Å². The van der Waals surface area contributed by atoms with Crippen molar-refractivity contribution in [1.82, 2.24) is 38.8 Å². The molecular weight excluding hydrogens is 1510 g/mol. The molecular formula is C88H130N8O21. The second-order valence-corrected chi connectivity index (χ2v) is 34.4. The summed E-state index contributed by atoms with van der Waals surface area (Å²) in [5, 5.41) is 11.5. The lowest BCUT2D eigenvalue weighted by Gasteiger charge is -2.47. The number of aliphatic hydroxyl groups excluding tert-OH is 1. The molecule has 8 heterocycles. The smallest absolute Gasteiger partial charge is 0.420 e. The summed E-state index contributed by atoms with van der Waals surface area (Å²) in [6, 6.07) is 11.0. The Morgan fingerprint density at radius 2 is 1.24 bits per heavy atom. The number of methoxy groups -OCH3 is 2. The summed E-state index contributed by atoms with van der Waals surface area (Å²) in [6.07, 6.45) is 5.95. The van der Waals surface area contributed by atoms with Gasteiger partial charge in [-0.05, 0) is 191 Å². The lowest BCUT2D eigenvalue weighted by molar-refractivity contribution is -0.295. The summed E-state index contributed by atoms with van der Waals surface area (Å²) in [7, 11) is 10.5. The predicted molar refractivity (Wildman–Crippen MR) is 434 cm³/mol. The van der Waals surface area contributed by atoms with Crippen LogP contribution >= 0.6 is 0 Å². The maximum Gasteiger partial charge on any atom is 0.420 e. The number of carbonyl (C=O) groups is 9. The van der Waals surface area contributed by atoms with Gasteiger partial charge < -0.3 is 76.5 Å². The van der Waals surface area contributed by atoms with Crippen molar-refractivity contribution in [3.8, 4) is 11.3 Å². The molecule has 0 aliphatic carbocycles. The van der Waals surface area contributed by atoms with Crippen molar-refractivity contribution in [1.29, 1.82) is 0 Å². The summed E-state index contributed by atoms with van der Waals surface area (Å²) in [4.78, 5) is 146. The Morgan fingerprint density at radius 3 is 1.77 bits per heavy atom. The van der Waals surface area contributed by atoms with E-state index >= 15 is 0 Å². The number of pyridine rings is 1. The second kappa shape index (κ2) is 39.9. The number of cyclic esters (lactones) is 2. The maximum atomic E-state index is 14.9. The van der Waals surface area contributed by atoms with Gasteiger partial charge in [-0.15, -0.1) is 0 Å². The molecule has 29 nitrogen and oxygen atoms in total. The van der Waals surface area contributed by atoms with Crippen LogP contribution in [0.15, 0.2) is 97.8 Å². The highest BCUT2D eigenvalue weighted by Crippen LogP contribution is 2.47. The highest BCUT2D eigenvalue weighted by Gasteiger charge is 2.63. The number of ketones is 4. The standard InChI is InChI=1S/C46H71N5O10.C42H59N3O11/c1-14-35-46(15-2)39(51(43(56)61-46)21-17-19-44(8,9)50-25-33(48-26-50)32-18-16-20-47-24-32)29(5)36(52)27(3)23-45(10,57-13)40(30(6)37(53)31(7)41(55)59-35)60-42-38(54)34(49(11)12)22-28(4)58-42;1-12-32-42(13-2,56-40(50)45-20-19-43-24-45)23-26(4)33(46)25(3)22-41(8,51-11)36(28(6)34(47)29(7)37(48)53-32)55-39-35(31(44(9)10)21-27(5)52-39)54-38(49)30-17-15-14-16-18-30/h16,18,20,24-31,34-35,38-40,42,54H,14-15,17,19,21-23H2,1-13H3;14-20,23-25,27-29,31-32,35-36,39H,12-13,21-22H2,1-11H3/b;26-23+/t27-,28-,29+,30+,31-,34+,35-,38-,39-,40-,42?,45+,46-;25-,27-,28+,29-,31+,32-,35-,36-,39?,41+,42+/m11/s1. The van der Waals surface area contributed by atoms with E-state index in [9.17, 15) is 48.3 Å². The predicted octanol–water partition coefficient (Wildman–Crippen LogP) is 11.9. The van der Waals surface area contributed by atoms with Crippen LogP contribution in [0.2, 0.25) is 0 Å². The molecule has 648 valence electrons. The Hall–Kier alpha value is -8.00. The zero-order valence-electron chi connectivity index (χ0n) is 73.2. The quantitative estimate of drug-likeness (QED) is 0.0460. The first-order chi connectivity index (χ1) is 55.1. The van der Waals surface area contributed by atoms with Gasteiger partial charge in [0.1, 0.15) is 42.3 Å². The van der Waals surface area contributed by atoms with Crippen LogP contribution in [-0.2, 0) is 86.4 Å². The molecule has 5 aliphatic heterocycles. The van der Waals surface area contributed by atoms with E-state index in [0.717, 1.165) is 15.8 Å². The first-order valence-electron chi connectivity index (χ1n) is 41.5. The highest BCUT2D eigenvalue weighted by atomic mass is 16.7. The van der Waals surface area contributed by atoms with Gasteiger partial charge >= 0.3 is 30.1 Å². The van der Waals surface area contributed by atoms with Crippen LogP contribution in [-0.4, -0.2) is 248 Å². The van der Waals surface area contributed by atoms with Crippen molar-refractivity contribution in [2.45, 2.75) is 296 Å². The lowest BCUT2D eigenvalue weighted by Crippen LogP contribution is -2.61. The first kappa shape index (κ1) is 94.5. The number of nitrogens with zero attached hydrogens (tertiary/aromatic N) is 8. The van der Waals surface area contributed by atoms with Crippen molar-refractivity contribution in [2.75, 3.05) is 49.0 Å². The van der Waals surface area contributed by atoms with E-state index in [-0.39, 0.29) is 92.0 Å². The summed E-state index contributed by atoms with van der Waals surface area (Å²) >= 11 is 0. The SMILES string of the molecule is CC[C@H]1OC(=O)[C@H](C)C(=O)[C@H](C)[C@@H](OC2O[C@H](C)C[C@H](N(C)C)[C@H]2O)[C@@](C)(OC)C[C@@H](C)C(=O)[C@H](C)[C@H]2N(CCCC(C)(C)n3cnc(-c4cccnc4)c3)C(=O)O[C@]12CC.CC[C@H]1OC(=O)[C@H](C)C(=O)[C@H](C)[C@@H](OC2O[C@H](C)C[C@H](N(C)C)[C@H]2OC(=O)c2ccccc2)[C@@](C)(OC)C[C@@H](C)C(=O)/C(C)=C/[C@]1(CC)OC(=O)n1ccnc1. The van der Waals surface area contributed by atoms with Crippen molar-refractivity contribution >= 4 is 53.2 Å². The number of carbonyl (C=O) groups excluding carboxylic acids is 9. The van der Waals surface area contributed by atoms with E-state index in [1.807, 2.05) is 97.9 Å². The van der Waals surface area contributed by atoms with Crippen LogP contribution in [0.4, 0.5) is 9.59 Å². The number of imidazole rings is 2. The van der Waals surface area contributed by atoms with E-state index < -0.39 is 161 Å².